The zero-order valence-corrected chi connectivity index (χ0v) is 12.0. The first-order valence-corrected chi connectivity index (χ1v) is 6.67. The van der Waals surface area contributed by atoms with Gasteiger partial charge in [-0.05, 0) is 33.0 Å². The van der Waals surface area contributed by atoms with Crippen LogP contribution < -0.4 is 5.32 Å². The van der Waals surface area contributed by atoms with Crippen LogP contribution in [0, 0.1) is 0 Å². The summed E-state index contributed by atoms with van der Waals surface area (Å²) in [7, 11) is 4.11. The van der Waals surface area contributed by atoms with Gasteiger partial charge in [-0.15, -0.1) is 0 Å². The van der Waals surface area contributed by atoms with Crippen molar-refractivity contribution in [2.24, 2.45) is 0 Å². The monoisotopic (exact) mass is 264 g/mol. The van der Waals surface area contributed by atoms with Gasteiger partial charge in [0.05, 0.1) is 0 Å². The van der Waals surface area contributed by atoms with E-state index in [0.29, 0.717) is 12.5 Å². The Morgan fingerprint density at radius 2 is 1.95 bits per heavy atom. The lowest BCUT2D eigenvalue weighted by Gasteiger charge is -2.26. The number of rotatable bonds is 8. The van der Waals surface area contributed by atoms with Crippen LogP contribution in [-0.4, -0.2) is 42.7 Å². The van der Waals surface area contributed by atoms with E-state index in [1.54, 1.807) is 0 Å². The Hall–Kier alpha value is -1.39. The second kappa shape index (κ2) is 7.92. The lowest BCUT2D eigenvalue weighted by molar-refractivity contribution is -0.137. The van der Waals surface area contributed by atoms with Crippen LogP contribution >= 0.6 is 0 Å². The fourth-order valence-electron chi connectivity index (χ4n) is 2.03. The van der Waals surface area contributed by atoms with E-state index in [9.17, 15) is 4.79 Å². The first-order valence-electron chi connectivity index (χ1n) is 6.67. The molecule has 2 unspecified atom stereocenters. The molecule has 0 saturated heterocycles. The molecule has 0 fully saturated rings. The van der Waals surface area contributed by atoms with Crippen molar-refractivity contribution < 1.29 is 9.90 Å². The number of benzene rings is 1. The molecule has 0 spiro atoms. The zero-order valence-electron chi connectivity index (χ0n) is 12.0. The molecule has 0 aliphatic carbocycles. The highest BCUT2D eigenvalue weighted by Gasteiger charge is 2.14. The van der Waals surface area contributed by atoms with Crippen molar-refractivity contribution in [3.05, 3.63) is 35.9 Å². The number of aliphatic carboxylic acids is 1. The summed E-state index contributed by atoms with van der Waals surface area (Å²) in [5, 5.41) is 12.1. The molecule has 106 valence electrons. The van der Waals surface area contributed by atoms with Crippen molar-refractivity contribution in [1.82, 2.24) is 10.2 Å². The van der Waals surface area contributed by atoms with Gasteiger partial charge in [-0.25, -0.2) is 0 Å². The highest BCUT2D eigenvalue weighted by Crippen LogP contribution is 2.17. The van der Waals surface area contributed by atoms with Crippen LogP contribution in [0.15, 0.2) is 30.3 Å². The van der Waals surface area contributed by atoms with Crippen LogP contribution in [-0.2, 0) is 4.79 Å². The molecule has 0 amide bonds. The van der Waals surface area contributed by atoms with Gasteiger partial charge in [0.1, 0.15) is 0 Å². The highest BCUT2D eigenvalue weighted by molar-refractivity contribution is 5.66. The maximum absolute atomic E-state index is 10.5. The molecule has 19 heavy (non-hydrogen) atoms. The topological polar surface area (TPSA) is 52.6 Å². The molecule has 0 saturated carbocycles. The second-order valence-corrected chi connectivity index (χ2v) is 5.13. The molecule has 2 N–H and O–H groups in total. The van der Waals surface area contributed by atoms with E-state index in [4.69, 9.17) is 5.11 Å². The predicted molar refractivity (Wildman–Crippen MR) is 77.2 cm³/mol. The molecular formula is C15H24N2O2. The molecule has 1 aromatic rings. The number of carboxylic acids is 1. The molecule has 0 bridgehead atoms. The number of hydrogen-bond donors (Lipinski definition) is 2. The molecule has 4 nitrogen and oxygen atoms in total. The molecule has 1 aromatic carbocycles. The average Bonchev–Trinajstić information content (AvgIpc) is 2.37. The van der Waals surface area contributed by atoms with E-state index < -0.39 is 5.97 Å². The predicted octanol–water partition coefficient (Wildman–Crippen LogP) is 2.13. The molecule has 2 atom stereocenters. The molecular weight excluding hydrogens is 240 g/mol. The Kier molecular flexibility index (Phi) is 6.53. The number of carboxylic acid groups (broad SMARTS) is 1. The third kappa shape index (κ3) is 5.85. The van der Waals surface area contributed by atoms with E-state index >= 15 is 0 Å². The van der Waals surface area contributed by atoms with E-state index in [-0.39, 0.29) is 12.5 Å². The van der Waals surface area contributed by atoms with Crippen LogP contribution in [0.25, 0.3) is 0 Å². The molecule has 0 heterocycles. The fourth-order valence-corrected chi connectivity index (χ4v) is 2.03. The van der Waals surface area contributed by atoms with Gasteiger partial charge < -0.3 is 15.3 Å². The molecule has 1 rings (SSSR count). The number of hydrogen-bond acceptors (Lipinski definition) is 3. The third-order valence-electron chi connectivity index (χ3n) is 3.26. The smallest absolute Gasteiger partial charge is 0.303 e. The van der Waals surface area contributed by atoms with Crippen LogP contribution in [0.2, 0.25) is 0 Å². The summed E-state index contributed by atoms with van der Waals surface area (Å²) in [5.41, 5.74) is 1.27. The highest BCUT2D eigenvalue weighted by atomic mass is 16.4. The van der Waals surface area contributed by atoms with E-state index in [0.717, 1.165) is 6.54 Å². The Labute approximate surface area is 115 Å². The second-order valence-electron chi connectivity index (χ2n) is 5.13. The quantitative estimate of drug-likeness (QED) is 0.755. The minimum atomic E-state index is -0.735. The molecule has 0 radical (unpaired) electrons. The van der Waals surface area contributed by atoms with Crippen molar-refractivity contribution in [1.29, 1.82) is 0 Å². The summed E-state index contributed by atoms with van der Waals surface area (Å²) in [6.45, 7) is 2.85. The summed E-state index contributed by atoms with van der Waals surface area (Å²) in [5.74, 6) is -0.735. The zero-order chi connectivity index (χ0) is 14.3. The van der Waals surface area contributed by atoms with Gasteiger partial charge >= 0.3 is 5.97 Å². The van der Waals surface area contributed by atoms with Gasteiger partial charge in [0.25, 0.3) is 0 Å². The Morgan fingerprint density at radius 3 is 2.47 bits per heavy atom. The van der Waals surface area contributed by atoms with Gasteiger partial charge in [-0.2, -0.15) is 0 Å². The van der Waals surface area contributed by atoms with Crippen molar-refractivity contribution in [2.75, 3.05) is 20.6 Å². The van der Waals surface area contributed by atoms with Gasteiger partial charge in [0, 0.05) is 25.0 Å². The molecule has 0 aliphatic heterocycles. The van der Waals surface area contributed by atoms with Crippen molar-refractivity contribution in [3.63, 3.8) is 0 Å². The molecule has 0 aliphatic rings. The van der Waals surface area contributed by atoms with Crippen molar-refractivity contribution >= 4 is 5.97 Å². The lowest BCUT2D eigenvalue weighted by Crippen LogP contribution is -2.36. The van der Waals surface area contributed by atoms with Gasteiger partial charge in [0.15, 0.2) is 0 Å². The van der Waals surface area contributed by atoms with E-state index in [1.165, 1.54) is 5.56 Å². The summed E-state index contributed by atoms with van der Waals surface area (Å²) in [6, 6.07) is 10.8. The van der Waals surface area contributed by atoms with Crippen LogP contribution in [0.4, 0.5) is 0 Å². The fraction of sp³-hybridized carbons (Fsp3) is 0.533. The van der Waals surface area contributed by atoms with Gasteiger partial charge in [0.2, 0.25) is 0 Å². The molecule has 4 heteroatoms. The maximum Gasteiger partial charge on any atom is 0.303 e. The summed E-state index contributed by atoms with van der Waals surface area (Å²) < 4.78 is 0. The van der Waals surface area contributed by atoms with Gasteiger partial charge in [-0.3, -0.25) is 4.79 Å². The van der Waals surface area contributed by atoms with Crippen LogP contribution in [0.5, 0.6) is 0 Å². The summed E-state index contributed by atoms with van der Waals surface area (Å²) in [4.78, 5) is 12.7. The number of carbonyl (C=O) groups is 1. The normalized spacial score (nSPS) is 14.3. The lowest BCUT2D eigenvalue weighted by atomic mass is 10.1. The third-order valence-corrected chi connectivity index (χ3v) is 3.26. The Morgan fingerprint density at radius 1 is 1.32 bits per heavy atom. The van der Waals surface area contributed by atoms with Crippen LogP contribution in [0.1, 0.15) is 31.4 Å². The first-order chi connectivity index (χ1) is 9.00. The number of nitrogens with zero attached hydrogens (tertiary/aromatic N) is 1. The Bertz CT molecular complexity index is 379. The largest absolute Gasteiger partial charge is 0.481 e. The average molecular weight is 264 g/mol. The summed E-state index contributed by atoms with van der Waals surface area (Å²) in [6.07, 6.45) is 0.871. The van der Waals surface area contributed by atoms with Crippen LogP contribution in [0.3, 0.4) is 0 Å². The van der Waals surface area contributed by atoms with E-state index in [2.05, 4.69) is 36.4 Å². The first kappa shape index (κ1) is 15.7. The van der Waals surface area contributed by atoms with Gasteiger partial charge in [-0.1, -0.05) is 30.3 Å². The Balaban J connectivity index is 2.49. The number of likely N-dealkylation sites (N-methyl/N-ethyl adjacent to an activating group) is 1. The SMILES string of the molecule is CC(CCC(=O)O)NCC(c1ccccc1)N(C)C. The summed E-state index contributed by atoms with van der Waals surface area (Å²) >= 11 is 0. The van der Waals surface area contributed by atoms with E-state index in [1.807, 2.05) is 25.1 Å². The molecule has 0 aromatic heterocycles. The number of nitrogens with one attached hydrogen (secondary N) is 1. The minimum absolute atomic E-state index is 0.210. The minimum Gasteiger partial charge on any atom is -0.481 e. The van der Waals surface area contributed by atoms with Crippen molar-refractivity contribution in [2.45, 2.75) is 31.8 Å². The maximum atomic E-state index is 10.5. The van der Waals surface area contributed by atoms with Crippen molar-refractivity contribution in [3.8, 4) is 0 Å². The standard InChI is InChI=1S/C15H24N2O2/c1-12(9-10-15(18)19)16-11-14(17(2)3)13-7-5-4-6-8-13/h4-8,12,14,16H,9-11H2,1-3H3,(H,18,19).